The fourth-order valence-corrected chi connectivity index (χ4v) is 4.68. The minimum Gasteiger partial charge on any atom is -0.107 e. The van der Waals surface area contributed by atoms with Gasteiger partial charge in [-0.1, -0.05) is 57.7 Å². The second-order valence-corrected chi connectivity index (χ2v) is 7.38. The first-order valence-electron chi connectivity index (χ1n) is 5.66. The number of hydrogen-bond donors (Lipinski definition) is 0. The van der Waals surface area contributed by atoms with Gasteiger partial charge < -0.3 is 0 Å². The first kappa shape index (κ1) is 12.9. The van der Waals surface area contributed by atoms with Gasteiger partial charge in [0, 0.05) is 11.0 Å². The average Bonchev–Trinajstić information content (AvgIpc) is 2.58. The van der Waals surface area contributed by atoms with Crippen LogP contribution in [0.15, 0.2) is 0 Å². The highest BCUT2D eigenvalue weighted by Gasteiger charge is 2.19. The quantitative estimate of drug-likeness (QED) is 0.466. The van der Waals surface area contributed by atoms with Crippen molar-refractivity contribution in [2.75, 3.05) is 5.75 Å². The van der Waals surface area contributed by atoms with Crippen LogP contribution < -0.4 is 0 Å². The Kier molecular flexibility index (Phi) is 7.35. The van der Waals surface area contributed by atoms with Crippen LogP contribution in [0.1, 0.15) is 51.9 Å². The molecule has 1 rings (SSSR count). The molecule has 1 saturated heterocycles. The molecule has 1 aliphatic rings. The zero-order valence-corrected chi connectivity index (χ0v) is 11.4. The molecule has 1 aliphatic heterocycles. The smallest absolute Gasteiger partial charge is 0.104 e. The highest BCUT2D eigenvalue weighted by atomic mass is 32.2. The molecule has 1 atom stereocenters. The molecule has 0 saturated carbocycles. The molecule has 1 heterocycles. The Bertz CT molecular complexity index is 168. The third-order valence-electron chi connectivity index (χ3n) is 2.53. The molecule has 0 amide bonds. The van der Waals surface area contributed by atoms with E-state index in [1.54, 1.807) is 0 Å². The van der Waals surface area contributed by atoms with Crippen LogP contribution in [-0.4, -0.2) is 14.5 Å². The summed E-state index contributed by atoms with van der Waals surface area (Å²) in [6.07, 6.45) is 9.84. The number of unbranched alkanes of at least 4 members (excludes halogenated alkanes) is 5. The molecule has 3 heteroatoms. The highest BCUT2D eigenvalue weighted by Crippen LogP contribution is 2.35. The van der Waals surface area contributed by atoms with Crippen LogP contribution in [0.25, 0.3) is 0 Å². The summed E-state index contributed by atoms with van der Waals surface area (Å²) < 4.78 is 1.17. The standard InChI is InChI=1S/C11H20S3/c1-2-3-4-5-6-7-8-10-9-13-11(12)14-10/h10H,2-9H2,1H3/t10-/m1/s1. The van der Waals surface area contributed by atoms with Gasteiger partial charge in [0.05, 0.1) is 0 Å². The predicted molar refractivity (Wildman–Crippen MR) is 74.4 cm³/mol. The maximum Gasteiger partial charge on any atom is 0.104 e. The Hall–Kier alpha value is 0.790. The summed E-state index contributed by atoms with van der Waals surface area (Å²) in [6.45, 7) is 2.27. The second-order valence-electron chi connectivity index (χ2n) is 3.86. The molecule has 0 aliphatic carbocycles. The van der Waals surface area contributed by atoms with Crippen molar-refractivity contribution in [3.05, 3.63) is 0 Å². The van der Waals surface area contributed by atoms with E-state index >= 15 is 0 Å². The summed E-state index contributed by atoms with van der Waals surface area (Å²) in [6, 6.07) is 0. The molecule has 0 aromatic carbocycles. The van der Waals surface area contributed by atoms with Crippen molar-refractivity contribution in [2.45, 2.75) is 57.1 Å². The number of thiocarbonyl (C=S) groups is 1. The van der Waals surface area contributed by atoms with Crippen molar-refractivity contribution >= 4 is 39.3 Å². The molecule has 82 valence electrons. The molecule has 0 unspecified atom stereocenters. The zero-order chi connectivity index (χ0) is 10.2. The van der Waals surface area contributed by atoms with Crippen LogP contribution in [0.4, 0.5) is 0 Å². The maximum absolute atomic E-state index is 5.16. The molecular formula is C11H20S3. The molecule has 0 N–H and O–H groups in total. The average molecular weight is 248 g/mol. The van der Waals surface area contributed by atoms with E-state index in [-0.39, 0.29) is 0 Å². The van der Waals surface area contributed by atoms with Crippen LogP contribution >= 0.6 is 35.7 Å². The topological polar surface area (TPSA) is 0 Å². The largest absolute Gasteiger partial charge is 0.107 e. The van der Waals surface area contributed by atoms with Crippen molar-refractivity contribution in [1.29, 1.82) is 0 Å². The Labute approximate surface area is 102 Å². The van der Waals surface area contributed by atoms with Crippen molar-refractivity contribution in [2.24, 2.45) is 0 Å². The minimum absolute atomic E-state index is 0.832. The number of rotatable bonds is 7. The third-order valence-corrected chi connectivity index (χ3v) is 5.76. The first-order valence-corrected chi connectivity index (χ1v) is 7.93. The lowest BCUT2D eigenvalue weighted by Crippen LogP contribution is -2.00. The van der Waals surface area contributed by atoms with E-state index in [1.807, 2.05) is 23.5 Å². The van der Waals surface area contributed by atoms with E-state index < -0.39 is 0 Å². The van der Waals surface area contributed by atoms with Gasteiger partial charge in [-0.15, -0.1) is 23.5 Å². The fraction of sp³-hybridized carbons (Fsp3) is 0.909. The molecule has 1 fully saturated rings. The number of hydrogen-bond acceptors (Lipinski definition) is 3. The van der Waals surface area contributed by atoms with Gasteiger partial charge in [0.1, 0.15) is 3.53 Å². The molecular weight excluding hydrogens is 228 g/mol. The normalized spacial score (nSPS) is 21.8. The second kappa shape index (κ2) is 8.00. The predicted octanol–water partition coefficient (Wildman–Crippen LogP) is 4.87. The van der Waals surface area contributed by atoms with Gasteiger partial charge in [0.25, 0.3) is 0 Å². The Morgan fingerprint density at radius 3 is 2.57 bits per heavy atom. The van der Waals surface area contributed by atoms with Crippen LogP contribution in [0, 0.1) is 0 Å². The maximum atomic E-state index is 5.16. The monoisotopic (exact) mass is 248 g/mol. The third kappa shape index (κ3) is 5.62. The lowest BCUT2D eigenvalue weighted by Gasteiger charge is -2.05. The molecule has 0 radical (unpaired) electrons. The van der Waals surface area contributed by atoms with Crippen molar-refractivity contribution < 1.29 is 0 Å². The van der Waals surface area contributed by atoms with Gasteiger partial charge >= 0.3 is 0 Å². The summed E-state index contributed by atoms with van der Waals surface area (Å²) in [5.41, 5.74) is 0. The Morgan fingerprint density at radius 2 is 1.93 bits per heavy atom. The van der Waals surface area contributed by atoms with Crippen LogP contribution in [0.2, 0.25) is 0 Å². The summed E-state index contributed by atoms with van der Waals surface area (Å²) in [4.78, 5) is 0. The van der Waals surface area contributed by atoms with E-state index in [0.717, 1.165) is 5.25 Å². The van der Waals surface area contributed by atoms with E-state index in [4.69, 9.17) is 12.2 Å². The van der Waals surface area contributed by atoms with E-state index in [0.29, 0.717) is 0 Å². The SMILES string of the molecule is CCCCCCCC[C@@H]1CSC(=S)S1. The molecule has 0 nitrogen and oxygen atoms in total. The van der Waals surface area contributed by atoms with Gasteiger partial charge in [-0.05, 0) is 6.42 Å². The lowest BCUT2D eigenvalue weighted by molar-refractivity contribution is 0.590. The summed E-state index contributed by atoms with van der Waals surface area (Å²) in [7, 11) is 0. The van der Waals surface area contributed by atoms with E-state index in [1.165, 1.54) is 54.2 Å². The highest BCUT2D eigenvalue weighted by molar-refractivity contribution is 8.49. The first-order chi connectivity index (χ1) is 6.83. The molecule has 0 aromatic rings. The van der Waals surface area contributed by atoms with Crippen LogP contribution in [-0.2, 0) is 0 Å². The summed E-state index contributed by atoms with van der Waals surface area (Å²) in [5, 5.41) is 0.832. The zero-order valence-electron chi connectivity index (χ0n) is 8.96. The molecule has 0 bridgehead atoms. The van der Waals surface area contributed by atoms with Gasteiger partial charge in [-0.2, -0.15) is 0 Å². The van der Waals surface area contributed by atoms with Crippen molar-refractivity contribution in [3.63, 3.8) is 0 Å². The van der Waals surface area contributed by atoms with Crippen molar-refractivity contribution in [1.82, 2.24) is 0 Å². The number of thioether (sulfide) groups is 2. The minimum atomic E-state index is 0.832. The van der Waals surface area contributed by atoms with Gasteiger partial charge in [-0.3, -0.25) is 0 Å². The fourth-order valence-electron chi connectivity index (χ4n) is 1.66. The lowest BCUT2D eigenvalue weighted by atomic mass is 10.1. The van der Waals surface area contributed by atoms with Crippen LogP contribution in [0.5, 0.6) is 0 Å². The summed E-state index contributed by atoms with van der Waals surface area (Å²) in [5.74, 6) is 1.26. The molecule has 14 heavy (non-hydrogen) atoms. The van der Waals surface area contributed by atoms with Gasteiger partial charge in [-0.25, -0.2) is 0 Å². The van der Waals surface area contributed by atoms with Gasteiger partial charge in [0.15, 0.2) is 0 Å². The molecule has 0 spiro atoms. The van der Waals surface area contributed by atoms with E-state index in [9.17, 15) is 0 Å². The van der Waals surface area contributed by atoms with Gasteiger partial charge in [0.2, 0.25) is 0 Å². The summed E-state index contributed by atoms with van der Waals surface area (Å²) >= 11 is 8.96. The Balaban J connectivity index is 1.86. The van der Waals surface area contributed by atoms with E-state index in [2.05, 4.69) is 6.92 Å². The Morgan fingerprint density at radius 1 is 1.21 bits per heavy atom. The molecule has 0 aromatic heterocycles. The van der Waals surface area contributed by atoms with Crippen LogP contribution in [0.3, 0.4) is 0 Å². The van der Waals surface area contributed by atoms with Crippen molar-refractivity contribution in [3.8, 4) is 0 Å².